The van der Waals surface area contributed by atoms with E-state index in [9.17, 15) is 9.59 Å². The minimum atomic E-state index is -0.189. The SMILES string of the molecule is COc1ccc(-n2cc(C(=O)N(C)C)ccc2=O)cc1. The summed E-state index contributed by atoms with van der Waals surface area (Å²) in [5.74, 6) is 0.564. The van der Waals surface area contributed by atoms with Crippen molar-refractivity contribution in [2.24, 2.45) is 0 Å². The van der Waals surface area contributed by atoms with Gasteiger partial charge in [-0.1, -0.05) is 0 Å². The van der Waals surface area contributed by atoms with Gasteiger partial charge in [-0.15, -0.1) is 0 Å². The largest absolute Gasteiger partial charge is 0.497 e. The molecule has 5 heteroatoms. The molecular weight excluding hydrogens is 256 g/mol. The second-order valence-corrected chi connectivity index (χ2v) is 4.52. The quantitative estimate of drug-likeness (QED) is 0.851. The Kier molecular flexibility index (Phi) is 3.89. The second kappa shape index (κ2) is 5.61. The van der Waals surface area contributed by atoms with E-state index >= 15 is 0 Å². The highest BCUT2D eigenvalue weighted by atomic mass is 16.5. The Morgan fingerprint density at radius 2 is 1.75 bits per heavy atom. The summed E-state index contributed by atoms with van der Waals surface area (Å²) in [5.41, 5.74) is 0.958. The number of methoxy groups -OCH3 is 1. The number of aromatic nitrogens is 1. The van der Waals surface area contributed by atoms with Crippen LogP contribution in [0.1, 0.15) is 10.4 Å². The fourth-order valence-corrected chi connectivity index (χ4v) is 1.82. The molecule has 0 fully saturated rings. The summed E-state index contributed by atoms with van der Waals surface area (Å²) in [6, 6.07) is 9.99. The Labute approximate surface area is 117 Å². The fraction of sp³-hybridized carbons (Fsp3) is 0.200. The van der Waals surface area contributed by atoms with Gasteiger partial charge in [0.05, 0.1) is 12.7 Å². The van der Waals surface area contributed by atoms with E-state index in [1.807, 2.05) is 0 Å². The van der Waals surface area contributed by atoms with E-state index in [1.165, 1.54) is 21.6 Å². The van der Waals surface area contributed by atoms with Crippen LogP contribution >= 0.6 is 0 Å². The lowest BCUT2D eigenvalue weighted by atomic mass is 10.2. The molecule has 0 aliphatic heterocycles. The summed E-state index contributed by atoms with van der Waals surface area (Å²) >= 11 is 0. The Balaban J connectivity index is 2.47. The maximum Gasteiger partial charge on any atom is 0.255 e. The van der Waals surface area contributed by atoms with E-state index in [0.717, 1.165) is 0 Å². The molecule has 20 heavy (non-hydrogen) atoms. The Bertz CT molecular complexity index is 672. The highest BCUT2D eigenvalue weighted by Gasteiger charge is 2.10. The number of rotatable bonds is 3. The van der Waals surface area contributed by atoms with Gasteiger partial charge in [0.15, 0.2) is 0 Å². The van der Waals surface area contributed by atoms with Crippen LogP contribution in [0.4, 0.5) is 0 Å². The van der Waals surface area contributed by atoms with Gasteiger partial charge in [-0.05, 0) is 30.3 Å². The Hall–Kier alpha value is -2.56. The predicted molar refractivity (Wildman–Crippen MR) is 76.6 cm³/mol. The molecule has 0 atom stereocenters. The monoisotopic (exact) mass is 272 g/mol. The van der Waals surface area contributed by atoms with Gasteiger partial charge < -0.3 is 9.64 Å². The van der Waals surface area contributed by atoms with Gasteiger partial charge in [0.2, 0.25) is 0 Å². The second-order valence-electron chi connectivity index (χ2n) is 4.52. The number of carbonyl (C=O) groups excluding carboxylic acids is 1. The van der Waals surface area contributed by atoms with Gasteiger partial charge in [0.1, 0.15) is 5.75 Å². The lowest BCUT2D eigenvalue weighted by molar-refractivity contribution is 0.0827. The molecule has 1 aromatic carbocycles. The van der Waals surface area contributed by atoms with E-state index in [2.05, 4.69) is 0 Å². The maximum atomic E-state index is 11.9. The number of hydrogen-bond acceptors (Lipinski definition) is 3. The first-order chi connectivity index (χ1) is 9.52. The topological polar surface area (TPSA) is 51.5 Å². The standard InChI is InChI=1S/C15H16N2O3/c1-16(2)15(19)11-4-9-14(18)17(10-11)12-5-7-13(20-3)8-6-12/h4-10H,1-3H3. The number of benzene rings is 1. The van der Waals surface area contributed by atoms with Gasteiger partial charge in [0, 0.05) is 32.0 Å². The van der Waals surface area contributed by atoms with Gasteiger partial charge in [-0.3, -0.25) is 14.2 Å². The first-order valence-corrected chi connectivity index (χ1v) is 6.11. The van der Waals surface area contributed by atoms with Gasteiger partial charge >= 0.3 is 0 Å². The number of ether oxygens (including phenoxy) is 1. The summed E-state index contributed by atoms with van der Waals surface area (Å²) in [6.45, 7) is 0. The zero-order valence-corrected chi connectivity index (χ0v) is 11.7. The molecule has 0 saturated carbocycles. The van der Waals surface area contributed by atoms with Crippen LogP contribution in [0.2, 0.25) is 0 Å². The molecule has 2 aromatic rings. The highest BCUT2D eigenvalue weighted by Crippen LogP contribution is 2.14. The van der Waals surface area contributed by atoms with Crippen molar-refractivity contribution in [3.8, 4) is 11.4 Å². The van der Waals surface area contributed by atoms with Crippen molar-refractivity contribution in [1.82, 2.24) is 9.47 Å². The first kappa shape index (κ1) is 13.9. The zero-order valence-electron chi connectivity index (χ0n) is 11.7. The molecule has 2 rings (SSSR count). The van der Waals surface area contributed by atoms with Crippen LogP contribution in [0, 0.1) is 0 Å². The number of hydrogen-bond donors (Lipinski definition) is 0. The smallest absolute Gasteiger partial charge is 0.255 e. The molecule has 0 aliphatic carbocycles. The summed E-state index contributed by atoms with van der Waals surface area (Å²) < 4.78 is 6.52. The lowest BCUT2D eigenvalue weighted by Crippen LogP contribution is -2.25. The lowest BCUT2D eigenvalue weighted by Gasteiger charge is -2.12. The number of carbonyl (C=O) groups is 1. The van der Waals surface area contributed by atoms with Crippen molar-refractivity contribution < 1.29 is 9.53 Å². The fourth-order valence-electron chi connectivity index (χ4n) is 1.82. The molecule has 1 heterocycles. The molecule has 104 valence electrons. The predicted octanol–water partition coefficient (Wildman–Crippen LogP) is 1.55. The van der Waals surface area contributed by atoms with Gasteiger partial charge in [-0.25, -0.2) is 0 Å². The molecule has 0 N–H and O–H groups in total. The van der Waals surface area contributed by atoms with Crippen LogP contribution in [0.25, 0.3) is 5.69 Å². The number of pyridine rings is 1. The van der Waals surface area contributed by atoms with E-state index in [-0.39, 0.29) is 11.5 Å². The van der Waals surface area contributed by atoms with Crippen molar-refractivity contribution in [2.75, 3.05) is 21.2 Å². The van der Waals surface area contributed by atoms with Crippen molar-refractivity contribution in [3.63, 3.8) is 0 Å². The maximum absolute atomic E-state index is 11.9. The molecule has 0 unspecified atom stereocenters. The molecule has 0 aliphatic rings. The molecule has 0 spiro atoms. The van der Waals surface area contributed by atoms with Gasteiger partial charge in [-0.2, -0.15) is 0 Å². The van der Waals surface area contributed by atoms with Crippen LogP contribution in [-0.4, -0.2) is 36.6 Å². The third kappa shape index (κ3) is 2.71. The van der Waals surface area contributed by atoms with E-state index in [0.29, 0.717) is 17.0 Å². The van der Waals surface area contributed by atoms with Crippen molar-refractivity contribution in [1.29, 1.82) is 0 Å². The third-order valence-electron chi connectivity index (χ3n) is 2.91. The normalized spacial score (nSPS) is 10.2. The molecule has 5 nitrogen and oxygen atoms in total. The minimum Gasteiger partial charge on any atom is -0.497 e. The van der Waals surface area contributed by atoms with Crippen molar-refractivity contribution in [3.05, 3.63) is 58.5 Å². The van der Waals surface area contributed by atoms with Gasteiger partial charge in [0.25, 0.3) is 11.5 Å². The Morgan fingerprint density at radius 1 is 1.10 bits per heavy atom. The van der Waals surface area contributed by atoms with Crippen molar-refractivity contribution >= 4 is 5.91 Å². The van der Waals surface area contributed by atoms with E-state index < -0.39 is 0 Å². The average molecular weight is 272 g/mol. The summed E-state index contributed by atoms with van der Waals surface area (Å²) in [5, 5.41) is 0. The average Bonchev–Trinajstić information content (AvgIpc) is 2.47. The van der Waals surface area contributed by atoms with Crippen LogP contribution in [0.5, 0.6) is 5.75 Å². The van der Waals surface area contributed by atoms with Crippen LogP contribution in [0.15, 0.2) is 47.4 Å². The molecule has 1 aromatic heterocycles. The molecular formula is C15H16N2O3. The summed E-state index contributed by atoms with van der Waals surface area (Å²) in [7, 11) is 4.92. The first-order valence-electron chi connectivity index (χ1n) is 6.11. The zero-order chi connectivity index (χ0) is 14.7. The van der Waals surface area contributed by atoms with Crippen LogP contribution in [-0.2, 0) is 0 Å². The highest BCUT2D eigenvalue weighted by molar-refractivity contribution is 5.93. The van der Waals surface area contributed by atoms with E-state index in [4.69, 9.17) is 4.74 Å². The number of amides is 1. The van der Waals surface area contributed by atoms with Crippen LogP contribution in [0.3, 0.4) is 0 Å². The molecule has 1 amide bonds. The molecule has 0 saturated heterocycles. The van der Waals surface area contributed by atoms with E-state index in [1.54, 1.807) is 51.7 Å². The molecule has 0 radical (unpaired) electrons. The van der Waals surface area contributed by atoms with Crippen LogP contribution < -0.4 is 10.3 Å². The molecule has 0 bridgehead atoms. The Morgan fingerprint density at radius 3 is 2.30 bits per heavy atom. The number of nitrogens with zero attached hydrogens (tertiary/aromatic N) is 2. The summed E-state index contributed by atoms with van der Waals surface area (Å²) in [6.07, 6.45) is 1.55. The minimum absolute atomic E-state index is 0.146. The van der Waals surface area contributed by atoms with Crippen molar-refractivity contribution in [2.45, 2.75) is 0 Å². The summed E-state index contributed by atoms with van der Waals surface area (Å²) in [4.78, 5) is 25.3. The third-order valence-corrected chi connectivity index (χ3v) is 2.91.